The quantitative estimate of drug-likeness (QED) is 0.780. The van der Waals surface area contributed by atoms with Crippen molar-refractivity contribution in [3.05, 3.63) is 34.9 Å². The molecule has 142 valence electrons. The maximum absolute atomic E-state index is 13.4. The van der Waals surface area contributed by atoms with Gasteiger partial charge in [0.15, 0.2) is 0 Å². The summed E-state index contributed by atoms with van der Waals surface area (Å²) in [5.41, 5.74) is -2.75. The molecule has 1 saturated heterocycles. The maximum atomic E-state index is 13.4. The molecule has 0 aromatic heterocycles. The van der Waals surface area contributed by atoms with Crippen LogP contribution in [0.4, 0.5) is 26.3 Å². The van der Waals surface area contributed by atoms with Gasteiger partial charge in [0.25, 0.3) is 0 Å². The molecule has 0 bridgehead atoms. The highest BCUT2D eigenvalue weighted by molar-refractivity contribution is 5.37. The van der Waals surface area contributed by atoms with Gasteiger partial charge in [-0.1, -0.05) is 6.07 Å². The number of aliphatic hydroxyl groups is 1. The van der Waals surface area contributed by atoms with Crippen molar-refractivity contribution in [2.75, 3.05) is 32.8 Å². The number of rotatable bonds is 5. The van der Waals surface area contributed by atoms with E-state index in [1.54, 1.807) is 0 Å². The van der Waals surface area contributed by atoms with Crippen LogP contribution in [0.5, 0.6) is 0 Å². The van der Waals surface area contributed by atoms with Crippen molar-refractivity contribution in [1.29, 1.82) is 0 Å². The zero-order valence-electron chi connectivity index (χ0n) is 13.4. The molecule has 0 radical (unpaired) electrons. The van der Waals surface area contributed by atoms with Gasteiger partial charge in [-0.3, -0.25) is 4.90 Å². The van der Waals surface area contributed by atoms with Gasteiger partial charge in [-0.25, -0.2) is 0 Å². The van der Waals surface area contributed by atoms with Crippen LogP contribution in [-0.2, 0) is 12.4 Å². The summed E-state index contributed by atoms with van der Waals surface area (Å²) in [6.07, 6.45) is -9.21. The van der Waals surface area contributed by atoms with Crippen molar-refractivity contribution in [3.63, 3.8) is 0 Å². The SMILES string of the molecule is OCCC[C@@H](c1ccc(C(F)(F)F)cc1C(F)(F)F)N1CCNCC1. The van der Waals surface area contributed by atoms with Crippen LogP contribution >= 0.6 is 0 Å². The Morgan fingerprint density at radius 3 is 2.20 bits per heavy atom. The summed E-state index contributed by atoms with van der Waals surface area (Å²) in [7, 11) is 0. The van der Waals surface area contributed by atoms with Crippen molar-refractivity contribution in [2.24, 2.45) is 0 Å². The first kappa shape index (κ1) is 20.0. The van der Waals surface area contributed by atoms with E-state index in [2.05, 4.69) is 5.32 Å². The first-order valence-corrected chi connectivity index (χ1v) is 7.98. The zero-order valence-corrected chi connectivity index (χ0v) is 13.4. The van der Waals surface area contributed by atoms with Crippen LogP contribution in [0.1, 0.15) is 35.6 Å². The Labute approximate surface area is 141 Å². The molecule has 9 heteroatoms. The molecule has 3 nitrogen and oxygen atoms in total. The number of hydrogen-bond acceptors (Lipinski definition) is 3. The summed E-state index contributed by atoms with van der Waals surface area (Å²) in [5.74, 6) is 0. The lowest BCUT2D eigenvalue weighted by Gasteiger charge is -2.36. The lowest BCUT2D eigenvalue weighted by molar-refractivity contribution is -0.143. The zero-order chi connectivity index (χ0) is 18.7. The molecule has 1 atom stereocenters. The van der Waals surface area contributed by atoms with Gasteiger partial charge >= 0.3 is 12.4 Å². The van der Waals surface area contributed by atoms with Crippen LogP contribution in [0.15, 0.2) is 18.2 Å². The Morgan fingerprint density at radius 1 is 1.04 bits per heavy atom. The van der Waals surface area contributed by atoms with Crippen LogP contribution in [-0.4, -0.2) is 42.8 Å². The third-order valence-electron chi connectivity index (χ3n) is 4.27. The van der Waals surface area contributed by atoms with Gasteiger partial charge in [0, 0.05) is 38.8 Å². The van der Waals surface area contributed by atoms with E-state index in [-0.39, 0.29) is 31.1 Å². The number of aliphatic hydroxyl groups excluding tert-OH is 1. The fraction of sp³-hybridized carbons (Fsp3) is 0.625. The highest BCUT2D eigenvalue weighted by atomic mass is 19.4. The van der Waals surface area contributed by atoms with E-state index in [0.29, 0.717) is 32.2 Å². The highest BCUT2D eigenvalue weighted by Crippen LogP contribution is 2.41. The average molecular weight is 370 g/mol. The van der Waals surface area contributed by atoms with Crippen molar-refractivity contribution >= 4 is 0 Å². The van der Waals surface area contributed by atoms with Crippen molar-refractivity contribution in [3.8, 4) is 0 Å². The van der Waals surface area contributed by atoms with E-state index in [0.717, 1.165) is 6.07 Å². The number of piperazine rings is 1. The van der Waals surface area contributed by atoms with Crippen LogP contribution in [0.25, 0.3) is 0 Å². The predicted octanol–water partition coefficient (Wildman–Crippen LogP) is 3.44. The monoisotopic (exact) mass is 370 g/mol. The van der Waals surface area contributed by atoms with Crippen LogP contribution < -0.4 is 5.32 Å². The smallest absolute Gasteiger partial charge is 0.396 e. The molecule has 1 aromatic carbocycles. The standard InChI is InChI=1S/C16H20F6N2O/c17-15(18,19)11-3-4-12(13(10-11)16(20,21)22)14(2-1-9-25)24-7-5-23-6-8-24/h3-4,10,14,23,25H,1-2,5-9H2/t14-/m0/s1. The molecule has 25 heavy (non-hydrogen) atoms. The molecule has 0 saturated carbocycles. The molecule has 1 heterocycles. The maximum Gasteiger partial charge on any atom is 0.416 e. The molecule has 0 aliphatic carbocycles. The van der Waals surface area contributed by atoms with Crippen LogP contribution in [0.3, 0.4) is 0 Å². The van der Waals surface area contributed by atoms with Crippen molar-refractivity contribution in [2.45, 2.75) is 31.2 Å². The number of benzene rings is 1. The number of halogens is 6. The van der Waals surface area contributed by atoms with Crippen LogP contribution in [0, 0.1) is 0 Å². The Kier molecular flexibility index (Phi) is 6.34. The molecule has 0 unspecified atom stereocenters. The van der Waals surface area contributed by atoms with Gasteiger partial charge in [-0.05, 0) is 30.5 Å². The molecular formula is C16H20F6N2O. The van der Waals surface area contributed by atoms with Gasteiger partial charge in [0.05, 0.1) is 11.1 Å². The van der Waals surface area contributed by atoms with Gasteiger partial charge in [0.2, 0.25) is 0 Å². The topological polar surface area (TPSA) is 35.5 Å². The summed E-state index contributed by atoms with van der Waals surface area (Å²) in [6.45, 7) is 1.99. The minimum Gasteiger partial charge on any atom is -0.396 e. The first-order valence-electron chi connectivity index (χ1n) is 7.98. The summed E-state index contributed by atoms with van der Waals surface area (Å²) < 4.78 is 78.7. The van der Waals surface area contributed by atoms with E-state index in [1.165, 1.54) is 0 Å². The van der Waals surface area contributed by atoms with Crippen molar-refractivity contribution < 1.29 is 31.4 Å². The molecule has 1 aliphatic rings. The average Bonchev–Trinajstić information content (AvgIpc) is 2.54. The summed E-state index contributed by atoms with van der Waals surface area (Å²) in [5, 5.41) is 12.1. The minimum absolute atomic E-state index is 0.171. The minimum atomic E-state index is -4.89. The third kappa shape index (κ3) is 5.08. The Bertz CT molecular complexity index is 567. The molecule has 1 fully saturated rings. The second kappa shape index (κ2) is 7.92. The number of nitrogens with one attached hydrogen (secondary N) is 1. The molecule has 1 aromatic rings. The molecule has 1 aliphatic heterocycles. The van der Waals surface area contributed by atoms with Gasteiger partial charge in [-0.2, -0.15) is 26.3 Å². The fourth-order valence-corrected chi connectivity index (χ4v) is 3.08. The molecule has 0 spiro atoms. The second-order valence-corrected chi connectivity index (χ2v) is 5.97. The summed E-state index contributed by atoms with van der Waals surface area (Å²) in [4.78, 5) is 1.82. The highest BCUT2D eigenvalue weighted by Gasteiger charge is 2.40. The molecule has 2 N–H and O–H groups in total. The second-order valence-electron chi connectivity index (χ2n) is 5.97. The lowest BCUT2D eigenvalue weighted by Crippen LogP contribution is -2.45. The number of nitrogens with zero attached hydrogens (tertiary/aromatic N) is 1. The van der Waals surface area contributed by atoms with E-state index < -0.39 is 29.5 Å². The molecule has 0 amide bonds. The van der Waals surface area contributed by atoms with Gasteiger partial charge in [0.1, 0.15) is 0 Å². The molecule has 2 rings (SSSR count). The predicted molar refractivity (Wildman–Crippen MR) is 79.9 cm³/mol. The molecular weight excluding hydrogens is 350 g/mol. The Morgan fingerprint density at radius 2 is 1.68 bits per heavy atom. The fourth-order valence-electron chi connectivity index (χ4n) is 3.08. The van der Waals surface area contributed by atoms with Gasteiger partial charge < -0.3 is 10.4 Å². The van der Waals surface area contributed by atoms with E-state index in [9.17, 15) is 26.3 Å². The van der Waals surface area contributed by atoms with E-state index in [1.807, 2.05) is 4.90 Å². The van der Waals surface area contributed by atoms with Crippen molar-refractivity contribution in [1.82, 2.24) is 10.2 Å². The summed E-state index contributed by atoms with van der Waals surface area (Å²) >= 11 is 0. The largest absolute Gasteiger partial charge is 0.416 e. The third-order valence-corrected chi connectivity index (χ3v) is 4.27. The van der Waals surface area contributed by atoms with Gasteiger partial charge in [-0.15, -0.1) is 0 Å². The number of hydrogen-bond donors (Lipinski definition) is 2. The Hall–Kier alpha value is -1.32. The Balaban J connectivity index is 2.47. The normalized spacial score (nSPS) is 18.4. The van der Waals surface area contributed by atoms with Crippen LogP contribution in [0.2, 0.25) is 0 Å². The lowest BCUT2D eigenvalue weighted by atomic mass is 9.93. The number of alkyl halides is 6. The van der Waals surface area contributed by atoms with E-state index in [4.69, 9.17) is 5.11 Å². The summed E-state index contributed by atoms with van der Waals surface area (Å²) in [6, 6.07) is 1.12. The van der Waals surface area contributed by atoms with E-state index >= 15 is 0 Å². The first-order chi connectivity index (χ1) is 11.6.